The van der Waals surface area contributed by atoms with Crippen LogP contribution in [-0.4, -0.2) is 42.1 Å². The Morgan fingerprint density at radius 3 is 2.43 bits per heavy atom. The molecule has 3 aliphatic rings. The van der Waals surface area contributed by atoms with Crippen molar-refractivity contribution >= 4 is 12.0 Å². The van der Waals surface area contributed by atoms with Gasteiger partial charge >= 0.3 is 6.09 Å². The second-order valence-corrected chi connectivity index (χ2v) is 10.1. The molecule has 2 heterocycles. The summed E-state index contributed by atoms with van der Waals surface area (Å²) in [5.41, 5.74) is 2.64. The number of carbonyl (C=O) groups excluding carboxylic acids is 2. The molecule has 2 atom stereocenters. The van der Waals surface area contributed by atoms with Gasteiger partial charge in [0.05, 0.1) is 5.54 Å². The smallest absolute Gasteiger partial charge is 0.407 e. The molecular weight excluding hydrogens is 352 g/mol. The third-order valence-corrected chi connectivity index (χ3v) is 6.89. The first-order chi connectivity index (χ1) is 13.2. The number of alkyl carbamates (subject to hydrolysis) is 1. The van der Waals surface area contributed by atoms with Crippen LogP contribution in [0.4, 0.5) is 4.79 Å². The molecule has 0 aromatic heterocycles. The number of nitrogens with one attached hydrogen (secondary N) is 1. The van der Waals surface area contributed by atoms with E-state index in [0.29, 0.717) is 31.3 Å². The molecule has 0 bridgehead atoms. The molecule has 1 saturated carbocycles. The fraction of sp³-hybridized carbons (Fsp3) is 0.652. The van der Waals surface area contributed by atoms with Crippen LogP contribution in [0.2, 0.25) is 0 Å². The fourth-order valence-electron chi connectivity index (χ4n) is 5.10. The summed E-state index contributed by atoms with van der Waals surface area (Å²) in [7, 11) is 0. The van der Waals surface area contributed by atoms with E-state index in [4.69, 9.17) is 4.74 Å². The molecule has 1 N–H and O–H groups in total. The molecule has 1 aromatic carbocycles. The number of cyclic esters (lactones) is 1. The highest BCUT2D eigenvalue weighted by Gasteiger charge is 2.53. The lowest BCUT2D eigenvalue weighted by atomic mass is 9.68. The van der Waals surface area contributed by atoms with Gasteiger partial charge in [0.25, 0.3) is 0 Å². The maximum absolute atomic E-state index is 12.9. The van der Waals surface area contributed by atoms with Crippen molar-refractivity contribution in [3.63, 3.8) is 0 Å². The molecule has 152 valence electrons. The second kappa shape index (κ2) is 6.78. The fourth-order valence-corrected chi connectivity index (χ4v) is 5.10. The van der Waals surface area contributed by atoms with Crippen LogP contribution in [0, 0.1) is 11.8 Å². The van der Waals surface area contributed by atoms with E-state index in [-0.39, 0.29) is 28.9 Å². The van der Waals surface area contributed by atoms with Gasteiger partial charge in [-0.15, -0.1) is 0 Å². The second-order valence-electron chi connectivity index (χ2n) is 10.1. The Hall–Kier alpha value is -2.04. The summed E-state index contributed by atoms with van der Waals surface area (Å²) in [6.07, 6.45) is 2.08. The van der Waals surface area contributed by atoms with E-state index in [0.717, 1.165) is 19.5 Å². The topological polar surface area (TPSA) is 58.6 Å². The van der Waals surface area contributed by atoms with Crippen LogP contribution in [0.5, 0.6) is 0 Å². The van der Waals surface area contributed by atoms with Crippen molar-refractivity contribution in [2.24, 2.45) is 11.8 Å². The number of likely N-dealkylation sites (tertiary alicyclic amines) is 1. The van der Waals surface area contributed by atoms with E-state index in [1.54, 1.807) is 0 Å². The van der Waals surface area contributed by atoms with Gasteiger partial charge in [-0.25, -0.2) is 4.79 Å². The van der Waals surface area contributed by atoms with Crippen molar-refractivity contribution in [2.75, 3.05) is 19.7 Å². The normalized spacial score (nSPS) is 32.6. The minimum atomic E-state index is -0.349. The van der Waals surface area contributed by atoms with E-state index in [2.05, 4.69) is 57.3 Å². The number of ether oxygens (including phenoxy) is 1. The van der Waals surface area contributed by atoms with Crippen LogP contribution in [0.25, 0.3) is 0 Å². The summed E-state index contributed by atoms with van der Waals surface area (Å²) in [6, 6.07) is 9.06. The van der Waals surface area contributed by atoms with Gasteiger partial charge < -0.3 is 15.0 Å². The van der Waals surface area contributed by atoms with Crippen LogP contribution < -0.4 is 5.32 Å². The van der Waals surface area contributed by atoms with Crippen molar-refractivity contribution in [3.8, 4) is 0 Å². The van der Waals surface area contributed by atoms with E-state index in [9.17, 15) is 9.59 Å². The Balaban J connectivity index is 1.34. The Morgan fingerprint density at radius 1 is 1.21 bits per heavy atom. The Bertz CT molecular complexity index is 759. The van der Waals surface area contributed by atoms with Crippen molar-refractivity contribution in [2.45, 2.75) is 63.8 Å². The molecule has 5 heteroatoms. The SMILES string of the molecule is CC1CN(C(=O)C2CC3(COC(=O)N3)C2)CCC1c1ccc(C(C)(C)C)cc1. The monoisotopic (exact) mass is 384 g/mol. The molecule has 4 rings (SSSR count). The largest absolute Gasteiger partial charge is 0.447 e. The van der Waals surface area contributed by atoms with Gasteiger partial charge in [-0.05, 0) is 47.6 Å². The van der Waals surface area contributed by atoms with Crippen LogP contribution in [0.3, 0.4) is 0 Å². The van der Waals surface area contributed by atoms with Crippen molar-refractivity contribution in [3.05, 3.63) is 35.4 Å². The summed E-state index contributed by atoms with van der Waals surface area (Å²) in [4.78, 5) is 26.3. The number of rotatable bonds is 2. The summed E-state index contributed by atoms with van der Waals surface area (Å²) in [5, 5.41) is 2.87. The van der Waals surface area contributed by atoms with Crippen molar-refractivity contribution < 1.29 is 14.3 Å². The molecule has 2 saturated heterocycles. The van der Waals surface area contributed by atoms with Crippen molar-refractivity contribution in [1.82, 2.24) is 10.2 Å². The molecule has 1 spiro atoms. The molecule has 0 radical (unpaired) electrons. The first kappa shape index (κ1) is 19.3. The number of benzene rings is 1. The van der Waals surface area contributed by atoms with Gasteiger partial charge in [0, 0.05) is 19.0 Å². The van der Waals surface area contributed by atoms with Crippen LogP contribution in [0.1, 0.15) is 64.0 Å². The number of carbonyl (C=O) groups is 2. The summed E-state index contributed by atoms with van der Waals surface area (Å²) >= 11 is 0. The van der Waals surface area contributed by atoms with Crippen LogP contribution in [-0.2, 0) is 14.9 Å². The maximum atomic E-state index is 12.9. The number of piperidine rings is 1. The Labute approximate surface area is 167 Å². The zero-order chi connectivity index (χ0) is 20.1. The third-order valence-electron chi connectivity index (χ3n) is 6.89. The van der Waals surface area contributed by atoms with Gasteiger partial charge in [-0.3, -0.25) is 4.79 Å². The molecule has 2 amide bonds. The summed E-state index contributed by atoms with van der Waals surface area (Å²) < 4.78 is 5.02. The minimum absolute atomic E-state index is 0.0248. The van der Waals surface area contributed by atoms with Gasteiger partial charge in [0.2, 0.25) is 5.91 Å². The first-order valence-corrected chi connectivity index (χ1v) is 10.5. The quantitative estimate of drug-likeness (QED) is 0.843. The number of hydrogen-bond acceptors (Lipinski definition) is 3. The predicted molar refractivity (Wildman–Crippen MR) is 108 cm³/mol. The predicted octanol–water partition coefficient (Wildman–Crippen LogP) is 3.82. The molecule has 5 nitrogen and oxygen atoms in total. The Kier molecular flexibility index (Phi) is 4.67. The lowest BCUT2D eigenvalue weighted by molar-refractivity contribution is -0.143. The zero-order valence-corrected chi connectivity index (χ0v) is 17.5. The summed E-state index contributed by atoms with van der Waals surface area (Å²) in [6.45, 7) is 11.0. The molecule has 3 fully saturated rings. The standard InChI is InChI=1S/C23H32N2O3/c1-15-13-25(20(26)17-11-23(12-17)14-28-21(27)24-23)10-9-19(15)16-5-7-18(8-6-16)22(2,3)4/h5-8,15,17,19H,9-14H2,1-4H3,(H,24,27). The lowest BCUT2D eigenvalue weighted by Crippen LogP contribution is -2.59. The lowest BCUT2D eigenvalue weighted by Gasteiger charge is -2.46. The molecular formula is C23H32N2O3. The van der Waals surface area contributed by atoms with Gasteiger partial charge in [-0.1, -0.05) is 52.0 Å². The van der Waals surface area contributed by atoms with Crippen LogP contribution >= 0.6 is 0 Å². The van der Waals surface area contributed by atoms with E-state index < -0.39 is 0 Å². The zero-order valence-electron chi connectivity index (χ0n) is 17.5. The van der Waals surface area contributed by atoms with Crippen LogP contribution in [0.15, 0.2) is 24.3 Å². The average Bonchev–Trinajstić information content (AvgIpc) is 3.01. The van der Waals surface area contributed by atoms with E-state index >= 15 is 0 Å². The van der Waals surface area contributed by atoms with Gasteiger partial charge in [-0.2, -0.15) is 0 Å². The summed E-state index contributed by atoms with van der Waals surface area (Å²) in [5.74, 6) is 1.23. The maximum Gasteiger partial charge on any atom is 0.407 e. The molecule has 28 heavy (non-hydrogen) atoms. The Morgan fingerprint density at radius 2 is 1.89 bits per heavy atom. The van der Waals surface area contributed by atoms with Gasteiger partial charge in [0.1, 0.15) is 6.61 Å². The number of nitrogens with zero attached hydrogens (tertiary/aromatic N) is 1. The third kappa shape index (κ3) is 3.51. The molecule has 1 aromatic rings. The highest BCUT2D eigenvalue weighted by molar-refractivity contribution is 5.81. The highest BCUT2D eigenvalue weighted by atomic mass is 16.6. The average molecular weight is 385 g/mol. The van der Waals surface area contributed by atoms with E-state index in [1.807, 2.05) is 4.90 Å². The number of amides is 2. The minimum Gasteiger partial charge on any atom is -0.447 e. The first-order valence-electron chi connectivity index (χ1n) is 10.5. The van der Waals surface area contributed by atoms with Crippen molar-refractivity contribution in [1.29, 1.82) is 0 Å². The number of hydrogen-bond donors (Lipinski definition) is 1. The van der Waals surface area contributed by atoms with E-state index in [1.165, 1.54) is 11.1 Å². The molecule has 2 unspecified atom stereocenters. The highest BCUT2D eigenvalue weighted by Crippen LogP contribution is 2.42. The molecule has 1 aliphatic carbocycles. The molecule has 2 aliphatic heterocycles. The van der Waals surface area contributed by atoms with Gasteiger partial charge in [0.15, 0.2) is 0 Å².